The first-order valence-corrected chi connectivity index (χ1v) is 8.71. The van der Waals surface area contributed by atoms with Crippen molar-refractivity contribution in [3.63, 3.8) is 0 Å². The highest BCUT2D eigenvalue weighted by Crippen LogP contribution is 2.41. The molecule has 0 aliphatic heterocycles. The van der Waals surface area contributed by atoms with Gasteiger partial charge in [0, 0.05) is 12.1 Å². The fourth-order valence-electron chi connectivity index (χ4n) is 2.79. The summed E-state index contributed by atoms with van der Waals surface area (Å²) in [5, 5.41) is 11.1. The van der Waals surface area contributed by atoms with E-state index in [2.05, 4.69) is 0 Å². The molecule has 134 valence electrons. The molecule has 1 aliphatic carbocycles. The van der Waals surface area contributed by atoms with Crippen LogP contribution in [0, 0.1) is 5.92 Å². The Morgan fingerprint density at radius 2 is 2.04 bits per heavy atom. The number of phenols is 1. The molecule has 6 heteroatoms. The molecule has 26 heavy (non-hydrogen) atoms. The molecule has 0 amide bonds. The Bertz CT molecular complexity index is 1040. The zero-order valence-electron chi connectivity index (χ0n) is 14.1. The molecule has 0 bridgehead atoms. The standard InChI is InChI=1S/C20H17ClO5/c1-24-18-9-16(23)13(7-19(18)25-10-11-5-6-11)17-8-15(22)12-3-2-4-14(21)20(12)26-17/h2-4,7-9,11,23H,5-6,10H2,1H3. The highest BCUT2D eigenvalue weighted by molar-refractivity contribution is 6.34. The van der Waals surface area contributed by atoms with Crippen LogP contribution in [-0.2, 0) is 0 Å². The maximum absolute atomic E-state index is 12.4. The Labute approximate surface area is 154 Å². The molecular formula is C20H17ClO5. The summed E-state index contributed by atoms with van der Waals surface area (Å²) in [5.74, 6) is 1.62. The fourth-order valence-corrected chi connectivity index (χ4v) is 3.00. The molecule has 1 aliphatic rings. The second kappa shape index (κ2) is 6.57. The number of para-hydroxylation sites is 1. The number of hydrogen-bond donors (Lipinski definition) is 1. The Morgan fingerprint density at radius 1 is 1.23 bits per heavy atom. The van der Waals surface area contributed by atoms with Gasteiger partial charge in [-0.05, 0) is 37.0 Å². The quantitative estimate of drug-likeness (QED) is 0.707. The molecule has 0 atom stereocenters. The van der Waals surface area contributed by atoms with E-state index in [1.165, 1.54) is 19.2 Å². The first kappa shape index (κ1) is 16.8. The average molecular weight is 373 g/mol. The van der Waals surface area contributed by atoms with Crippen molar-refractivity contribution in [2.24, 2.45) is 5.92 Å². The summed E-state index contributed by atoms with van der Waals surface area (Å²) in [6.45, 7) is 0.591. The van der Waals surface area contributed by atoms with Crippen LogP contribution in [0.3, 0.4) is 0 Å². The largest absolute Gasteiger partial charge is 0.507 e. The van der Waals surface area contributed by atoms with Crippen molar-refractivity contribution in [1.29, 1.82) is 0 Å². The molecule has 5 nitrogen and oxygen atoms in total. The minimum absolute atomic E-state index is 0.0739. The van der Waals surface area contributed by atoms with Gasteiger partial charge in [-0.25, -0.2) is 0 Å². The SMILES string of the molecule is COc1cc(O)c(-c2cc(=O)c3cccc(Cl)c3o2)cc1OCC1CC1. The molecular weight excluding hydrogens is 356 g/mol. The van der Waals surface area contributed by atoms with Gasteiger partial charge in [0.15, 0.2) is 22.5 Å². The highest BCUT2D eigenvalue weighted by Gasteiger charge is 2.23. The average Bonchev–Trinajstić information content (AvgIpc) is 3.45. The molecule has 1 aromatic heterocycles. The second-order valence-electron chi connectivity index (χ2n) is 6.37. The number of benzene rings is 2. The van der Waals surface area contributed by atoms with E-state index in [1.54, 1.807) is 24.3 Å². The lowest BCUT2D eigenvalue weighted by atomic mass is 10.1. The molecule has 1 fully saturated rings. The molecule has 0 unspecified atom stereocenters. The van der Waals surface area contributed by atoms with Gasteiger partial charge in [-0.2, -0.15) is 0 Å². The molecule has 1 N–H and O–H groups in total. The van der Waals surface area contributed by atoms with E-state index in [9.17, 15) is 9.90 Å². The summed E-state index contributed by atoms with van der Waals surface area (Å²) >= 11 is 6.16. The predicted molar refractivity (Wildman–Crippen MR) is 99.4 cm³/mol. The Balaban J connectivity index is 1.83. The van der Waals surface area contributed by atoms with Gasteiger partial charge in [-0.15, -0.1) is 0 Å². The molecule has 0 saturated heterocycles. The van der Waals surface area contributed by atoms with Gasteiger partial charge < -0.3 is 19.0 Å². The topological polar surface area (TPSA) is 68.9 Å². The molecule has 2 aromatic carbocycles. The minimum atomic E-state index is -0.237. The predicted octanol–water partition coefficient (Wildman–Crippen LogP) is 4.62. The smallest absolute Gasteiger partial charge is 0.193 e. The monoisotopic (exact) mass is 372 g/mol. The lowest BCUT2D eigenvalue weighted by Gasteiger charge is -2.13. The van der Waals surface area contributed by atoms with Crippen LogP contribution in [0.2, 0.25) is 5.02 Å². The van der Waals surface area contributed by atoms with E-state index >= 15 is 0 Å². The van der Waals surface area contributed by atoms with Crippen molar-refractivity contribution < 1.29 is 19.0 Å². The summed E-state index contributed by atoms with van der Waals surface area (Å²) in [6.07, 6.45) is 2.32. The van der Waals surface area contributed by atoms with Crippen LogP contribution in [0.5, 0.6) is 17.2 Å². The lowest BCUT2D eigenvalue weighted by molar-refractivity contribution is 0.279. The van der Waals surface area contributed by atoms with Crippen LogP contribution in [0.25, 0.3) is 22.3 Å². The minimum Gasteiger partial charge on any atom is -0.507 e. The van der Waals surface area contributed by atoms with Gasteiger partial charge in [0.1, 0.15) is 11.5 Å². The third-order valence-electron chi connectivity index (χ3n) is 4.43. The van der Waals surface area contributed by atoms with Crippen molar-refractivity contribution in [2.45, 2.75) is 12.8 Å². The number of methoxy groups -OCH3 is 1. The van der Waals surface area contributed by atoms with E-state index in [4.69, 9.17) is 25.5 Å². The number of hydrogen-bond acceptors (Lipinski definition) is 5. The molecule has 1 heterocycles. The van der Waals surface area contributed by atoms with Crippen molar-refractivity contribution in [3.8, 4) is 28.6 Å². The highest BCUT2D eigenvalue weighted by atomic mass is 35.5. The zero-order valence-corrected chi connectivity index (χ0v) is 14.9. The maximum Gasteiger partial charge on any atom is 0.193 e. The van der Waals surface area contributed by atoms with Gasteiger partial charge in [-0.3, -0.25) is 4.79 Å². The molecule has 0 spiro atoms. The Morgan fingerprint density at radius 3 is 2.77 bits per heavy atom. The number of phenolic OH excluding ortho intramolecular Hbond substituents is 1. The van der Waals surface area contributed by atoms with Gasteiger partial charge in [0.2, 0.25) is 0 Å². The maximum atomic E-state index is 12.4. The third-order valence-corrected chi connectivity index (χ3v) is 4.72. The summed E-state index contributed by atoms with van der Waals surface area (Å²) in [5.41, 5.74) is 0.391. The van der Waals surface area contributed by atoms with Crippen molar-refractivity contribution in [2.75, 3.05) is 13.7 Å². The first-order chi connectivity index (χ1) is 12.6. The van der Waals surface area contributed by atoms with E-state index in [-0.39, 0.29) is 22.5 Å². The first-order valence-electron chi connectivity index (χ1n) is 8.33. The van der Waals surface area contributed by atoms with Crippen LogP contribution in [0.1, 0.15) is 12.8 Å². The number of halogens is 1. The van der Waals surface area contributed by atoms with E-state index in [1.807, 2.05) is 0 Å². The summed E-state index contributed by atoms with van der Waals surface area (Å²) in [4.78, 5) is 12.4. The molecule has 4 rings (SSSR count). The number of fused-ring (bicyclic) bond motifs is 1. The van der Waals surface area contributed by atoms with Crippen LogP contribution < -0.4 is 14.9 Å². The van der Waals surface area contributed by atoms with Gasteiger partial charge in [0.25, 0.3) is 0 Å². The molecule has 3 aromatic rings. The van der Waals surface area contributed by atoms with Crippen LogP contribution in [-0.4, -0.2) is 18.8 Å². The summed E-state index contributed by atoms with van der Waals surface area (Å²) in [7, 11) is 1.51. The van der Waals surface area contributed by atoms with Crippen molar-refractivity contribution in [3.05, 3.63) is 51.6 Å². The third kappa shape index (κ3) is 3.10. The Hall–Kier alpha value is -2.66. The number of ether oxygens (including phenoxy) is 2. The summed E-state index contributed by atoms with van der Waals surface area (Å²) in [6, 6.07) is 9.40. The van der Waals surface area contributed by atoms with E-state index in [0.29, 0.717) is 40.0 Å². The van der Waals surface area contributed by atoms with Gasteiger partial charge in [-0.1, -0.05) is 17.7 Å². The summed E-state index contributed by atoms with van der Waals surface area (Å²) < 4.78 is 16.9. The van der Waals surface area contributed by atoms with E-state index < -0.39 is 0 Å². The van der Waals surface area contributed by atoms with Crippen LogP contribution in [0.15, 0.2) is 45.6 Å². The van der Waals surface area contributed by atoms with Gasteiger partial charge >= 0.3 is 0 Å². The second-order valence-corrected chi connectivity index (χ2v) is 6.77. The van der Waals surface area contributed by atoms with Crippen molar-refractivity contribution in [1.82, 2.24) is 0 Å². The zero-order chi connectivity index (χ0) is 18.3. The lowest BCUT2D eigenvalue weighted by Crippen LogP contribution is -2.02. The normalized spacial score (nSPS) is 13.8. The van der Waals surface area contributed by atoms with Crippen LogP contribution >= 0.6 is 11.6 Å². The fraction of sp³-hybridized carbons (Fsp3) is 0.250. The molecule has 0 radical (unpaired) electrons. The number of aromatic hydroxyl groups is 1. The molecule has 1 saturated carbocycles. The Kier molecular flexibility index (Phi) is 4.24. The van der Waals surface area contributed by atoms with Crippen LogP contribution in [0.4, 0.5) is 0 Å². The van der Waals surface area contributed by atoms with Gasteiger partial charge in [0.05, 0.1) is 29.7 Å². The number of rotatable bonds is 5. The van der Waals surface area contributed by atoms with Crippen molar-refractivity contribution >= 4 is 22.6 Å². The van der Waals surface area contributed by atoms with E-state index in [0.717, 1.165) is 12.8 Å².